The highest BCUT2D eigenvalue weighted by Crippen LogP contribution is 2.17. The molecule has 0 bridgehead atoms. The number of nitrogens with two attached hydrogens (primary N) is 1. The quantitative estimate of drug-likeness (QED) is 0.747. The normalized spacial score (nSPS) is 12.6. The number of esters is 1. The van der Waals surface area contributed by atoms with E-state index in [2.05, 4.69) is 9.84 Å². The van der Waals surface area contributed by atoms with Gasteiger partial charge in [0.1, 0.15) is 6.04 Å². The van der Waals surface area contributed by atoms with E-state index < -0.39 is 6.04 Å². The van der Waals surface area contributed by atoms with E-state index in [9.17, 15) is 4.79 Å². The van der Waals surface area contributed by atoms with E-state index in [0.717, 1.165) is 17.0 Å². The molecule has 0 amide bonds. The van der Waals surface area contributed by atoms with Gasteiger partial charge in [-0.25, -0.2) is 4.79 Å². The van der Waals surface area contributed by atoms with Crippen LogP contribution in [0.1, 0.15) is 29.9 Å². The van der Waals surface area contributed by atoms with E-state index in [1.807, 2.05) is 13.8 Å². The molecule has 15 heavy (non-hydrogen) atoms. The average Bonchev–Trinajstić information content (AvgIpc) is 2.51. The van der Waals surface area contributed by atoms with Crippen molar-refractivity contribution in [1.82, 2.24) is 9.78 Å². The number of methoxy groups -OCH3 is 1. The lowest BCUT2D eigenvalue weighted by molar-refractivity contribution is -0.144. The van der Waals surface area contributed by atoms with Crippen LogP contribution in [0.5, 0.6) is 0 Å². The molecule has 1 atom stereocenters. The lowest BCUT2D eigenvalue weighted by Gasteiger charge is -2.11. The molecule has 5 nitrogen and oxygen atoms in total. The first-order valence-electron chi connectivity index (χ1n) is 4.85. The van der Waals surface area contributed by atoms with Gasteiger partial charge in [0.25, 0.3) is 0 Å². The van der Waals surface area contributed by atoms with Crippen LogP contribution in [0.15, 0.2) is 0 Å². The first-order chi connectivity index (χ1) is 7.02. The first kappa shape index (κ1) is 11.7. The van der Waals surface area contributed by atoms with Crippen LogP contribution in [0.25, 0.3) is 0 Å². The van der Waals surface area contributed by atoms with Gasteiger partial charge in [0.2, 0.25) is 0 Å². The van der Waals surface area contributed by atoms with Crippen molar-refractivity contribution in [2.75, 3.05) is 7.11 Å². The predicted molar refractivity (Wildman–Crippen MR) is 56.3 cm³/mol. The van der Waals surface area contributed by atoms with Gasteiger partial charge >= 0.3 is 5.97 Å². The zero-order valence-electron chi connectivity index (χ0n) is 9.57. The number of carbonyl (C=O) groups is 1. The van der Waals surface area contributed by atoms with Crippen molar-refractivity contribution in [1.29, 1.82) is 0 Å². The van der Waals surface area contributed by atoms with E-state index >= 15 is 0 Å². The minimum absolute atomic E-state index is 0.302. The van der Waals surface area contributed by atoms with Crippen LogP contribution in [0.4, 0.5) is 0 Å². The molecule has 1 heterocycles. The maximum absolute atomic E-state index is 11.4. The van der Waals surface area contributed by atoms with E-state index in [1.54, 1.807) is 11.6 Å². The third-order valence-electron chi connectivity index (χ3n) is 2.59. The van der Waals surface area contributed by atoms with Gasteiger partial charge in [-0.05, 0) is 20.8 Å². The molecule has 2 N–H and O–H groups in total. The fraction of sp³-hybridized carbons (Fsp3) is 0.600. The van der Waals surface area contributed by atoms with E-state index in [-0.39, 0.29) is 5.97 Å². The second kappa shape index (κ2) is 4.44. The van der Waals surface area contributed by atoms with Crippen LogP contribution >= 0.6 is 0 Å². The molecule has 5 heteroatoms. The summed E-state index contributed by atoms with van der Waals surface area (Å²) in [6, 6.07) is -0.408. The molecule has 0 spiro atoms. The fourth-order valence-electron chi connectivity index (χ4n) is 1.64. The summed E-state index contributed by atoms with van der Waals surface area (Å²) in [6.07, 6.45) is 0. The summed E-state index contributed by atoms with van der Waals surface area (Å²) < 4.78 is 6.33. The van der Waals surface area contributed by atoms with Crippen LogP contribution in [0.3, 0.4) is 0 Å². The Bertz CT molecular complexity index is 371. The van der Waals surface area contributed by atoms with Crippen molar-refractivity contribution in [2.24, 2.45) is 5.73 Å². The van der Waals surface area contributed by atoms with Crippen molar-refractivity contribution in [3.8, 4) is 0 Å². The maximum Gasteiger partial charge on any atom is 0.330 e. The first-order valence-corrected chi connectivity index (χ1v) is 4.85. The molecule has 0 aliphatic heterocycles. The Labute approximate surface area is 89.2 Å². The van der Waals surface area contributed by atoms with Gasteiger partial charge in [0.05, 0.1) is 12.8 Å². The average molecular weight is 211 g/mol. The zero-order chi connectivity index (χ0) is 11.6. The number of aromatic nitrogens is 2. The molecule has 0 aromatic carbocycles. The minimum atomic E-state index is -0.408. The largest absolute Gasteiger partial charge is 0.467 e. The number of ether oxygens (including phenoxy) is 1. The van der Waals surface area contributed by atoms with Gasteiger partial charge in [0, 0.05) is 17.8 Å². The smallest absolute Gasteiger partial charge is 0.330 e. The summed E-state index contributed by atoms with van der Waals surface area (Å²) in [5, 5.41) is 4.29. The van der Waals surface area contributed by atoms with E-state index in [1.165, 1.54) is 7.11 Å². The summed E-state index contributed by atoms with van der Waals surface area (Å²) in [7, 11) is 1.37. The Hall–Kier alpha value is -1.36. The van der Waals surface area contributed by atoms with Crippen molar-refractivity contribution in [3.05, 3.63) is 17.0 Å². The zero-order valence-corrected chi connectivity index (χ0v) is 9.57. The number of hydrogen-bond acceptors (Lipinski definition) is 4. The molecule has 0 saturated heterocycles. The highest BCUT2D eigenvalue weighted by molar-refractivity contribution is 5.73. The van der Waals surface area contributed by atoms with E-state index in [0.29, 0.717) is 6.54 Å². The van der Waals surface area contributed by atoms with Crippen LogP contribution in [0, 0.1) is 13.8 Å². The lowest BCUT2D eigenvalue weighted by atomic mass is 10.2. The van der Waals surface area contributed by atoms with Crippen LogP contribution in [-0.4, -0.2) is 22.9 Å². The predicted octanol–water partition coefficient (Wildman–Crippen LogP) is 0.693. The monoisotopic (exact) mass is 211 g/mol. The summed E-state index contributed by atoms with van der Waals surface area (Å²) >= 11 is 0. The van der Waals surface area contributed by atoms with Gasteiger partial charge in [-0.3, -0.25) is 4.68 Å². The van der Waals surface area contributed by atoms with Crippen molar-refractivity contribution < 1.29 is 9.53 Å². The highest BCUT2D eigenvalue weighted by atomic mass is 16.5. The van der Waals surface area contributed by atoms with Crippen LogP contribution in [0.2, 0.25) is 0 Å². The van der Waals surface area contributed by atoms with Crippen LogP contribution < -0.4 is 5.73 Å². The molecule has 1 aromatic rings. The Kier molecular flexibility index (Phi) is 3.47. The summed E-state index contributed by atoms with van der Waals surface area (Å²) in [4.78, 5) is 11.4. The molecular formula is C10H17N3O2. The topological polar surface area (TPSA) is 70.1 Å². The van der Waals surface area contributed by atoms with Crippen molar-refractivity contribution >= 4 is 5.97 Å². The standard InChI is InChI=1S/C10H17N3O2/c1-6-9(5-11)7(2)13(12-6)8(3)10(14)15-4/h8H,5,11H2,1-4H3. The molecule has 0 aliphatic carbocycles. The third-order valence-corrected chi connectivity index (χ3v) is 2.59. The molecule has 1 rings (SSSR count). The number of aryl methyl sites for hydroxylation is 1. The van der Waals surface area contributed by atoms with Crippen molar-refractivity contribution in [3.63, 3.8) is 0 Å². The SMILES string of the molecule is COC(=O)C(C)n1nc(C)c(CN)c1C. The number of nitrogens with zero attached hydrogens (tertiary/aromatic N) is 2. The molecular weight excluding hydrogens is 194 g/mol. The van der Waals surface area contributed by atoms with Gasteiger partial charge in [-0.15, -0.1) is 0 Å². The molecule has 0 fully saturated rings. The third kappa shape index (κ3) is 2.02. The van der Waals surface area contributed by atoms with Gasteiger partial charge in [-0.1, -0.05) is 0 Å². The Morgan fingerprint density at radius 1 is 1.60 bits per heavy atom. The molecule has 1 unspecified atom stereocenters. The van der Waals surface area contributed by atoms with Gasteiger partial charge in [-0.2, -0.15) is 5.10 Å². The maximum atomic E-state index is 11.4. The Balaban J connectivity index is 3.10. The molecule has 0 saturated carbocycles. The minimum Gasteiger partial charge on any atom is -0.467 e. The number of rotatable bonds is 3. The summed E-state index contributed by atoms with van der Waals surface area (Å²) in [5.74, 6) is -0.302. The highest BCUT2D eigenvalue weighted by Gasteiger charge is 2.20. The molecule has 0 radical (unpaired) electrons. The van der Waals surface area contributed by atoms with Crippen LogP contribution in [-0.2, 0) is 16.1 Å². The lowest BCUT2D eigenvalue weighted by Crippen LogP contribution is -2.20. The second-order valence-corrected chi connectivity index (χ2v) is 3.50. The fourth-order valence-corrected chi connectivity index (χ4v) is 1.64. The molecule has 84 valence electrons. The van der Waals surface area contributed by atoms with Crippen molar-refractivity contribution in [2.45, 2.75) is 33.4 Å². The van der Waals surface area contributed by atoms with Gasteiger partial charge in [0.15, 0.2) is 0 Å². The van der Waals surface area contributed by atoms with Gasteiger partial charge < -0.3 is 10.5 Å². The Morgan fingerprint density at radius 2 is 2.20 bits per heavy atom. The second-order valence-electron chi connectivity index (χ2n) is 3.50. The Morgan fingerprint density at radius 3 is 2.60 bits per heavy atom. The number of hydrogen-bond donors (Lipinski definition) is 1. The molecule has 1 aromatic heterocycles. The summed E-state index contributed by atoms with van der Waals surface area (Å²) in [5.41, 5.74) is 8.39. The number of carbonyl (C=O) groups excluding carboxylic acids is 1. The van der Waals surface area contributed by atoms with E-state index in [4.69, 9.17) is 5.73 Å². The summed E-state index contributed by atoms with van der Waals surface area (Å²) in [6.45, 7) is 5.98. The molecule has 0 aliphatic rings.